The number of fused-ring (bicyclic) bond motifs is 3. The highest BCUT2D eigenvalue weighted by Crippen LogP contribution is 2.33. The molecule has 13 N–H and O–H groups in total. The van der Waals surface area contributed by atoms with Crippen LogP contribution in [0.2, 0.25) is 20.2 Å². The number of nitrogens with one attached hydrogen (secondary N) is 3. The number of benzene rings is 6. The van der Waals surface area contributed by atoms with Gasteiger partial charge in [0.2, 0.25) is 0 Å². The second kappa shape index (κ2) is 27.9. The average molecular weight is 1150 g/mol. The van der Waals surface area contributed by atoms with E-state index >= 15 is 0 Å². The van der Waals surface area contributed by atoms with Crippen molar-refractivity contribution < 1.29 is 24.6 Å². The summed E-state index contributed by atoms with van der Waals surface area (Å²) in [4.78, 5) is 58.6. The van der Waals surface area contributed by atoms with Crippen LogP contribution in [-0.4, -0.2) is 61.1 Å². The Morgan fingerprint density at radius 1 is 0.463 bits per heavy atom. The number of aliphatic hydroxyl groups excluding tert-OH is 1. The van der Waals surface area contributed by atoms with Gasteiger partial charge >= 0.3 is 0 Å². The maximum Gasteiger partial charge on any atom is 0.251 e. The molecule has 0 saturated carbocycles. The Labute approximate surface area is 481 Å². The van der Waals surface area contributed by atoms with Crippen molar-refractivity contribution in [2.24, 2.45) is 32.9 Å². The van der Waals surface area contributed by atoms with Crippen LogP contribution in [0, 0.1) is 0 Å². The number of aromatic nitrogens is 3. The summed E-state index contributed by atoms with van der Waals surface area (Å²) in [5, 5.41) is 33.4. The van der Waals surface area contributed by atoms with Gasteiger partial charge in [-0.1, -0.05) is 169 Å². The van der Waals surface area contributed by atoms with Crippen LogP contribution in [0.25, 0.3) is 32.3 Å². The fraction of sp³-hybridized carbons (Fsp3) is 0.153. The highest BCUT2D eigenvalue weighted by molar-refractivity contribution is 6.39. The first-order valence-electron chi connectivity index (χ1n) is 25.0. The lowest BCUT2D eigenvalue weighted by Gasteiger charge is -2.20. The van der Waals surface area contributed by atoms with Gasteiger partial charge in [-0.05, 0) is 65.9 Å². The van der Waals surface area contributed by atoms with E-state index in [1.54, 1.807) is 66.7 Å². The SMILES string of the molecule is CCC(NC(=O)c1ccc2c(Cl)cnc(Cl)c2c1)c1ccccc1.CCC(NC(=O)c1ccc2c(Cl)cnc(N=C(N)N)c2c1)c1ccccc1.NC(N)=Nc1ncc(Cl)c2ccc(C(=O)NC(CC(O)O)c3ccccc3)cc12. The first-order valence-corrected chi connectivity index (χ1v) is 26.5. The van der Waals surface area contributed by atoms with E-state index in [0.29, 0.717) is 64.3 Å². The lowest BCUT2D eigenvalue weighted by atomic mass is 10.0. The second-order valence-corrected chi connectivity index (χ2v) is 19.5. The highest BCUT2D eigenvalue weighted by Gasteiger charge is 2.21. The number of carbonyl (C=O) groups excluding carboxylic acids is 3. The van der Waals surface area contributed by atoms with Gasteiger partial charge in [0, 0.05) is 74.0 Å². The van der Waals surface area contributed by atoms with Crippen molar-refractivity contribution in [3.05, 3.63) is 218 Å². The molecule has 21 heteroatoms. The van der Waals surface area contributed by atoms with Crippen molar-refractivity contribution in [1.29, 1.82) is 0 Å². The fourth-order valence-electron chi connectivity index (χ4n) is 8.52. The maximum atomic E-state index is 12.9. The molecule has 3 heterocycles. The number of guanidine groups is 2. The Hall–Kier alpha value is -8.42. The summed E-state index contributed by atoms with van der Waals surface area (Å²) in [6.07, 6.45) is 4.36. The average Bonchev–Trinajstić information content (AvgIpc) is 3.48. The van der Waals surface area contributed by atoms with Crippen molar-refractivity contribution in [1.82, 2.24) is 30.9 Å². The summed E-state index contributed by atoms with van der Waals surface area (Å²) in [7, 11) is 0. The van der Waals surface area contributed by atoms with Crippen LogP contribution in [0.1, 0.15) is 99.0 Å². The van der Waals surface area contributed by atoms with Gasteiger partial charge in [0.25, 0.3) is 17.7 Å². The molecular formula is C59H56Cl4N12O5. The van der Waals surface area contributed by atoms with E-state index in [2.05, 4.69) is 40.9 Å². The van der Waals surface area contributed by atoms with Crippen LogP contribution in [0.5, 0.6) is 0 Å². The lowest BCUT2D eigenvalue weighted by Crippen LogP contribution is -2.31. The van der Waals surface area contributed by atoms with E-state index < -0.39 is 18.2 Å². The van der Waals surface area contributed by atoms with E-state index in [4.69, 9.17) is 69.3 Å². The predicted octanol–water partition coefficient (Wildman–Crippen LogP) is 11.1. The molecule has 9 aromatic rings. The molecular weight excluding hydrogens is 1100 g/mol. The number of aliphatic imine (C=N–C) groups is 2. The van der Waals surface area contributed by atoms with Gasteiger partial charge in [0.1, 0.15) is 5.15 Å². The molecule has 0 bridgehead atoms. The zero-order valence-corrected chi connectivity index (χ0v) is 46.2. The number of carbonyl (C=O) groups is 3. The minimum atomic E-state index is -1.58. The number of nitrogens with two attached hydrogens (primary N) is 4. The molecule has 0 saturated heterocycles. The van der Waals surface area contributed by atoms with Crippen molar-refractivity contribution in [3.8, 4) is 0 Å². The molecule has 3 unspecified atom stereocenters. The summed E-state index contributed by atoms with van der Waals surface area (Å²) in [6, 6.07) is 43.4. The van der Waals surface area contributed by atoms with Crippen LogP contribution in [0.3, 0.4) is 0 Å². The van der Waals surface area contributed by atoms with Gasteiger partial charge in [-0.3, -0.25) is 14.4 Å². The molecule has 3 aromatic heterocycles. The molecule has 3 atom stereocenters. The maximum absolute atomic E-state index is 12.9. The first kappa shape index (κ1) is 59.2. The van der Waals surface area contributed by atoms with Gasteiger partial charge in [-0.2, -0.15) is 9.98 Å². The standard InChI is InChI=1S/C20H20ClN5O3.C20H20ClN5O.C19H16Cl2N2O/c21-15-10-24-18(26-20(22)23)14-8-12(6-7-13(14)15)19(29)25-16(9-17(27)28)11-4-2-1-3-5-11;1-2-17(12-6-4-3-5-7-12)25-19(27)13-8-9-14-15(10-13)18(26-20(22)23)24-11-16(14)21;1-2-17(12-6-4-3-5-7-12)23-19(24)13-8-9-14-15(10-13)18(21)22-11-16(14)20/h1-8,10,16-17,27-28H,9H2,(H,25,29)(H4,22,23,24,26);3-11,17H,2H2,1H3,(H,25,27)(H4,22,23,24,26);3-11,17H,2H2,1H3,(H,23,24). The Morgan fingerprint density at radius 2 is 0.787 bits per heavy atom. The molecule has 17 nitrogen and oxygen atoms in total. The largest absolute Gasteiger partial charge is 0.370 e. The molecule has 80 heavy (non-hydrogen) atoms. The van der Waals surface area contributed by atoms with Crippen molar-refractivity contribution in [2.45, 2.75) is 57.5 Å². The molecule has 6 aromatic carbocycles. The minimum absolute atomic E-state index is 0.0395. The molecule has 0 aliphatic rings. The Morgan fingerprint density at radius 3 is 1.14 bits per heavy atom. The van der Waals surface area contributed by atoms with Crippen LogP contribution in [-0.2, 0) is 0 Å². The van der Waals surface area contributed by atoms with E-state index in [0.717, 1.165) is 40.3 Å². The molecule has 0 aliphatic carbocycles. The van der Waals surface area contributed by atoms with Crippen LogP contribution < -0.4 is 38.9 Å². The van der Waals surface area contributed by atoms with Crippen molar-refractivity contribution >= 4 is 120 Å². The topological polar surface area (TPSA) is 295 Å². The third-order valence-corrected chi connectivity index (χ3v) is 13.7. The number of aliphatic hydroxyl groups is 2. The third kappa shape index (κ3) is 15.4. The molecule has 410 valence electrons. The summed E-state index contributed by atoms with van der Waals surface area (Å²) in [6.45, 7) is 4.07. The quantitative estimate of drug-likeness (QED) is 0.0200. The number of halogens is 4. The zero-order chi connectivity index (χ0) is 57.5. The summed E-state index contributed by atoms with van der Waals surface area (Å²) < 4.78 is 0. The lowest BCUT2D eigenvalue weighted by molar-refractivity contribution is -0.0512. The zero-order valence-electron chi connectivity index (χ0n) is 43.2. The Kier molecular flexibility index (Phi) is 20.7. The van der Waals surface area contributed by atoms with Gasteiger partial charge in [0.05, 0.1) is 33.2 Å². The minimum Gasteiger partial charge on any atom is -0.370 e. The number of nitrogens with zero attached hydrogens (tertiary/aromatic N) is 5. The third-order valence-electron chi connectivity index (χ3n) is 12.5. The molecule has 0 aliphatic heterocycles. The highest BCUT2D eigenvalue weighted by atomic mass is 35.5. The molecule has 3 amide bonds. The van der Waals surface area contributed by atoms with Crippen molar-refractivity contribution in [3.63, 3.8) is 0 Å². The van der Waals surface area contributed by atoms with Gasteiger partial charge in [-0.25, -0.2) is 15.0 Å². The monoisotopic (exact) mass is 1150 g/mol. The van der Waals surface area contributed by atoms with Crippen LogP contribution >= 0.6 is 46.4 Å². The van der Waals surface area contributed by atoms with E-state index in [-0.39, 0.29) is 48.1 Å². The molecule has 0 radical (unpaired) electrons. The predicted molar refractivity (Wildman–Crippen MR) is 320 cm³/mol. The van der Waals surface area contributed by atoms with E-state index in [9.17, 15) is 24.6 Å². The van der Waals surface area contributed by atoms with Crippen LogP contribution in [0.4, 0.5) is 11.6 Å². The normalized spacial score (nSPS) is 12.0. The van der Waals surface area contributed by atoms with Gasteiger partial charge in [-0.15, -0.1) is 0 Å². The fourth-order valence-corrected chi connectivity index (χ4v) is 9.37. The first-order chi connectivity index (χ1) is 38.4. The number of amides is 3. The number of pyridine rings is 3. The summed E-state index contributed by atoms with van der Waals surface area (Å²) >= 11 is 24.7. The molecule has 0 spiro atoms. The van der Waals surface area contributed by atoms with Crippen LogP contribution in [0.15, 0.2) is 174 Å². The summed E-state index contributed by atoms with van der Waals surface area (Å²) in [5.41, 5.74) is 26.1. The van der Waals surface area contributed by atoms with Gasteiger partial charge in [0.15, 0.2) is 29.8 Å². The smallest absolute Gasteiger partial charge is 0.251 e. The second-order valence-electron chi connectivity index (χ2n) is 18.0. The van der Waals surface area contributed by atoms with Gasteiger partial charge < -0.3 is 49.1 Å². The number of rotatable bonds is 15. The van der Waals surface area contributed by atoms with E-state index in [1.807, 2.05) is 92.7 Å². The number of hydrogen-bond donors (Lipinski definition) is 9. The van der Waals surface area contributed by atoms with Crippen molar-refractivity contribution in [2.75, 3.05) is 0 Å². The Balaban J connectivity index is 0.000000174. The molecule has 9 rings (SSSR count). The van der Waals surface area contributed by atoms with E-state index in [1.165, 1.54) is 18.6 Å². The Bertz CT molecular complexity index is 3700. The number of hydrogen-bond acceptors (Lipinski definition) is 10. The summed E-state index contributed by atoms with van der Waals surface area (Å²) in [5.74, 6) is -0.472. The molecule has 0 fully saturated rings.